The van der Waals surface area contributed by atoms with Gasteiger partial charge in [-0.1, -0.05) is 36.4 Å². The molecule has 2 nitrogen and oxygen atoms in total. The Labute approximate surface area is 112 Å². The Balaban J connectivity index is 2.56. The van der Waals surface area contributed by atoms with E-state index in [1.807, 2.05) is 18.2 Å². The van der Waals surface area contributed by atoms with E-state index < -0.39 is 5.60 Å². The van der Waals surface area contributed by atoms with Gasteiger partial charge in [0.25, 0.3) is 0 Å². The molecule has 0 aliphatic rings. The molecule has 0 radical (unpaired) electrons. The van der Waals surface area contributed by atoms with Crippen molar-refractivity contribution in [3.63, 3.8) is 0 Å². The summed E-state index contributed by atoms with van der Waals surface area (Å²) in [6.07, 6.45) is 0. The van der Waals surface area contributed by atoms with Crippen molar-refractivity contribution in [3.8, 4) is 0 Å². The van der Waals surface area contributed by atoms with Crippen LogP contribution in [-0.4, -0.2) is 18.8 Å². The number of ether oxygens (including phenoxy) is 1. The van der Waals surface area contributed by atoms with Gasteiger partial charge in [0.05, 0.1) is 6.61 Å². The largest absolute Gasteiger partial charge is 0.381 e. The van der Waals surface area contributed by atoms with Gasteiger partial charge in [-0.25, -0.2) is 4.39 Å². The predicted molar refractivity (Wildman–Crippen MR) is 72.5 cm³/mol. The number of methoxy groups -OCH3 is 1. The van der Waals surface area contributed by atoms with E-state index >= 15 is 0 Å². The van der Waals surface area contributed by atoms with Crippen molar-refractivity contribution in [2.24, 2.45) is 0 Å². The summed E-state index contributed by atoms with van der Waals surface area (Å²) in [5, 5.41) is 10.9. The summed E-state index contributed by atoms with van der Waals surface area (Å²) < 4.78 is 18.7. The predicted octanol–water partition coefficient (Wildman–Crippen LogP) is 3.02. The fourth-order valence-electron chi connectivity index (χ4n) is 2.23. The van der Waals surface area contributed by atoms with Gasteiger partial charge in [0, 0.05) is 7.11 Å². The van der Waals surface area contributed by atoms with Gasteiger partial charge < -0.3 is 9.84 Å². The van der Waals surface area contributed by atoms with Gasteiger partial charge in [-0.2, -0.15) is 0 Å². The molecule has 0 aliphatic carbocycles. The third-order valence-corrected chi connectivity index (χ3v) is 3.12. The molecule has 0 aromatic heterocycles. The van der Waals surface area contributed by atoms with Gasteiger partial charge in [0.1, 0.15) is 11.4 Å². The highest BCUT2D eigenvalue weighted by molar-refractivity contribution is 5.38. The van der Waals surface area contributed by atoms with Gasteiger partial charge >= 0.3 is 0 Å². The molecule has 3 heteroatoms. The minimum absolute atomic E-state index is 0.0694. The topological polar surface area (TPSA) is 29.5 Å². The normalized spacial score (nSPS) is 14.1. The maximum Gasteiger partial charge on any atom is 0.138 e. The van der Waals surface area contributed by atoms with Crippen LogP contribution < -0.4 is 0 Å². The highest BCUT2D eigenvalue weighted by Gasteiger charge is 2.32. The third kappa shape index (κ3) is 2.83. The minimum Gasteiger partial charge on any atom is -0.381 e. The van der Waals surface area contributed by atoms with E-state index in [1.54, 1.807) is 25.1 Å². The first-order chi connectivity index (χ1) is 9.06. The van der Waals surface area contributed by atoms with Gasteiger partial charge in [0.2, 0.25) is 0 Å². The van der Waals surface area contributed by atoms with E-state index in [-0.39, 0.29) is 12.4 Å². The molecule has 0 fully saturated rings. The molecule has 19 heavy (non-hydrogen) atoms. The maximum atomic E-state index is 13.6. The van der Waals surface area contributed by atoms with E-state index in [0.717, 1.165) is 5.56 Å². The number of aryl methyl sites for hydroxylation is 1. The van der Waals surface area contributed by atoms with Crippen molar-refractivity contribution >= 4 is 0 Å². The van der Waals surface area contributed by atoms with E-state index in [0.29, 0.717) is 11.1 Å². The van der Waals surface area contributed by atoms with Crippen LogP contribution in [0.3, 0.4) is 0 Å². The average Bonchev–Trinajstić information content (AvgIpc) is 2.39. The Morgan fingerprint density at radius 3 is 2.37 bits per heavy atom. The molecular weight excluding hydrogens is 243 g/mol. The summed E-state index contributed by atoms with van der Waals surface area (Å²) in [6, 6.07) is 13.7. The van der Waals surface area contributed by atoms with Crippen LogP contribution in [-0.2, 0) is 10.3 Å². The van der Waals surface area contributed by atoms with Crippen LogP contribution >= 0.6 is 0 Å². The van der Waals surface area contributed by atoms with Crippen LogP contribution in [0.4, 0.5) is 4.39 Å². The zero-order valence-corrected chi connectivity index (χ0v) is 11.1. The highest BCUT2D eigenvalue weighted by Crippen LogP contribution is 2.31. The molecular formula is C16H17FO2. The van der Waals surface area contributed by atoms with Crippen LogP contribution in [0.2, 0.25) is 0 Å². The second kappa shape index (κ2) is 5.51. The number of halogens is 1. The molecule has 100 valence electrons. The third-order valence-electron chi connectivity index (χ3n) is 3.12. The SMILES string of the molecule is COCC(O)(c1ccccc1)c1cc(C)cc(F)c1. The van der Waals surface area contributed by atoms with Crippen molar-refractivity contribution in [1.29, 1.82) is 0 Å². The second-order valence-electron chi connectivity index (χ2n) is 4.68. The first-order valence-corrected chi connectivity index (χ1v) is 6.11. The summed E-state index contributed by atoms with van der Waals surface area (Å²) in [7, 11) is 1.51. The Hall–Kier alpha value is -1.71. The molecule has 0 aliphatic heterocycles. The first-order valence-electron chi connectivity index (χ1n) is 6.11. The zero-order valence-electron chi connectivity index (χ0n) is 11.1. The number of aliphatic hydroxyl groups is 1. The smallest absolute Gasteiger partial charge is 0.138 e. The molecule has 0 amide bonds. The Bertz CT molecular complexity index is 534. The molecule has 0 spiro atoms. The van der Waals surface area contributed by atoms with Crippen molar-refractivity contribution in [2.75, 3.05) is 13.7 Å². The molecule has 1 unspecified atom stereocenters. The zero-order chi connectivity index (χ0) is 13.9. The Morgan fingerprint density at radius 2 is 1.79 bits per heavy atom. The summed E-state index contributed by atoms with van der Waals surface area (Å²) in [5.74, 6) is -0.361. The Kier molecular flexibility index (Phi) is 3.98. The van der Waals surface area contributed by atoms with Crippen molar-refractivity contribution in [1.82, 2.24) is 0 Å². The molecule has 2 aromatic carbocycles. The van der Waals surface area contributed by atoms with Crippen LogP contribution in [0, 0.1) is 12.7 Å². The van der Waals surface area contributed by atoms with Crippen molar-refractivity contribution < 1.29 is 14.2 Å². The average molecular weight is 260 g/mol. The molecule has 1 atom stereocenters. The van der Waals surface area contributed by atoms with E-state index in [4.69, 9.17) is 4.74 Å². The highest BCUT2D eigenvalue weighted by atomic mass is 19.1. The number of benzene rings is 2. The number of hydrogen-bond donors (Lipinski definition) is 1. The summed E-state index contributed by atoms with van der Waals surface area (Å²) in [6.45, 7) is 1.87. The standard InChI is InChI=1S/C16H17FO2/c1-12-8-14(10-15(17)9-12)16(18,11-19-2)13-6-4-3-5-7-13/h3-10,18H,11H2,1-2H3. The minimum atomic E-state index is -1.34. The van der Waals surface area contributed by atoms with E-state index in [9.17, 15) is 9.50 Å². The lowest BCUT2D eigenvalue weighted by Crippen LogP contribution is -2.32. The van der Waals surface area contributed by atoms with Crippen LogP contribution in [0.25, 0.3) is 0 Å². The summed E-state index contributed by atoms with van der Waals surface area (Å²) in [5.41, 5.74) is 0.600. The molecule has 2 rings (SSSR count). The van der Waals surface area contributed by atoms with Gasteiger partial charge in [-0.05, 0) is 35.7 Å². The molecule has 1 N–H and O–H groups in total. The molecule has 0 bridgehead atoms. The van der Waals surface area contributed by atoms with Gasteiger partial charge in [-0.3, -0.25) is 0 Å². The van der Waals surface area contributed by atoms with Crippen LogP contribution in [0.1, 0.15) is 16.7 Å². The van der Waals surface area contributed by atoms with Crippen molar-refractivity contribution in [3.05, 3.63) is 71.0 Å². The summed E-state index contributed by atoms with van der Waals surface area (Å²) in [4.78, 5) is 0. The second-order valence-corrected chi connectivity index (χ2v) is 4.68. The lowest BCUT2D eigenvalue weighted by molar-refractivity contribution is -0.00351. The fourth-order valence-corrected chi connectivity index (χ4v) is 2.23. The molecule has 0 saturated heterocycles. The molecule has 2 aromatic rings. The first kappa shape index (κ1) is 13.7. The molecule has 0 saturated carbocycles. The van der Waals surface area contributed by atoms with Crippen LogP contribution in [0.5, 0.6) is 0 Å². The number of hydrogen-bond acceptors (Lipinski definition) is 2. The monoisotopic (exact) mass is 260 g/mol. The Morgan fingerprint density at radius 1 is 1.11 bits per heavy atom. The van der Waals surface area contributed by atoms with E-state index in [1.165, 1.54) is 19.2 Å². The van der Waals surface area contributed by atoms with Gasteiger partial charge in [-0.15, -0.1) is 0 Å². The fraction of sp³-hybridized carbons (Fsp3) is 0.250. The van der Waals surface area contributed by atoms with Crippen molar-refractivity contribution in [2.45, 2.75) is 12.5 Å². The van der Waals surface area contributed by atoms with Crippen LogP contribution in [0.15, 0.2) is 48.5 Å². The lowest BCUT2D eigenvalue weighted by atomic mass is 9.86. The maximum absolute atomic E-state index is 13.6. The van der Waals surface area contributed by atoms with Gasteiger partial charge in [0.15, 0.2) is 0 Å². The lowest BCUT2D eigenvalue weighted by Gasteiger charge is -2.29. The quantitative estimate of drug-likeness (QED) is 0.915. The number of rotatable bonds is 4. The van der Waals surface area contributed by atoms with E-state index in [2.05, 4.69) is 0 Å². The molecule has 0 heterocycles. The summed E-state index contributed by atoms with van der Waals surface area (Å²) >= 11 is 0.